The van der Waals surface area contributed by atoms with Gasteiger partial charge in [0.05, 0.1) is 17.7 Å². The minimum atomic E-state index is -0.437. The summed E-state index contributed by atoms with van der Waals surface area (Å²) in [5.74, 6) is 0. The summed E-state index contributed by atoms with van der Waals surface area (Å²) in [6.45, 7) is 4.52. The fourth-order valence-electron chi connectivity index (χ4n) is 1.94. The van der Waals surface area contributed by atoms with Gasteiger partial charge >= 0.3 is 0 Å². The van der Waals surface area contributed by atoms with Crippen LogP contribution in [-0.4, -0.2) is 9.67 Å². The molecule has 18 heavy (non-hydrogen) atoms. The van der Waals surface area contributed by atoms with Gasteiger partial charge in [-0.15, -0.1) is 0 Å². The van der Waals surface area contributed by atoms with E-state index in [9.17, 15) is 5.11 Å². The van der Waals surface area contributed by atoms with Crippen molar-refractivity contribution in [2.24, 2.45) is 0 Å². The Balaban J connectivity index is 2.21. The Morgan fingerprint density at radius 3 is 2.72 bits per heavy atom. The zero-order valence-electron chi connectivity index (χ0n) is 10.6. The molecule has 2 rings (SSSR count). The van der Waals surface area contributed by atoms with Gasteiger partial charge in [0.15, 0.2) is 0 Å². The second-order valence-corrected chi connectivity index (χ2v) is 4.55. The summed E-state index contributed by atoms with van der Waals surface area (Å²) in [6, 6.07) is 9.77. The second kappa shape index (κ2) is 5.07. The summed E-state index contributed by atoms with van der Waals surface area (Å²) in [5.41, 5.74) is 3.90. The van der Waals surface area contributed by atoms with Crippen molar-refractivity contribution in [3.8, 4) is 6.07 Å². The van der Waals surface area contributed by atoms with E-state index in [1.54, 1.807) is 6.92 Å². The largest absolute Gasteiger partial charge is 0.389 e. The molecule has 0 saturated carbocycles. The molecular weight excluding hydrogens is 224 g/mol. The predicted octanol–water partition coefficient (Wildman–Crippen LogP) is 2.77. The summed E-state index contributed by atoms with van der Waals surface area (Å²) in [4.78, 5) is 0. The maximum atomic E-state index is 9.48. The molecule has 3 nitrogen and oxygen atoms in total. The molecule has 0 saturated heterocycles. The SMILES string of the molecule is Cc1cc(C#N)ccc1Cn1ccc(C(C)O)c1. The van der Waals surface area contributed by atoms with Gasteiger partial charge in [0.1, 0.15) is 0 Å². The van der Waals surface area contributed by atoms with Gasteiger partial charge in [-0.1, -0.05) is 6.07 Å². The van der Waals surface area contributed by atoms with Gasteiger partial charge in [0, 0.05) is 18.9 Å². The summed E-state index contributed by atoms with van der Waals surface area (Å²) >= 11 is 0. The van der Waals surface area contributed by atoms with Crippen molar-refractivity contribution in [1.82, 2.24) is 4.57 Å². The van der Waals surface area contributed by atoms with Crippen molar-refractivity contribution < 1.29 is 5.11 Å². The van der Waals surface area contributed by atoms with Crippen LogP contribution in [0.25, 0.3) is 0 Å². The fourth-order valence-corrected chi connectivity index (χ4v) is 1.94. The van der Waals surface area contributed by atoms with Crippen molar-refractivity contribution in [2.75, 3.05) is 0 Å². The first-order chi connectivity index (χ1) is 8.60. The quantitative estimate of drug-likeness (QED) is 0.896. The Morgan fingerprint density at radius 1 is 1.39 bits per heavy atom. The molecule has 1 atom stereocenters. The van der Waals surface area contributed by atoms with Gasteiger partial charge in [0.2, 0.25) is 0 Å². The lowest BCUT2D eigenvalue weighted by Crippen LogP contribution is -1.99. The number of nitrogens with zero attached hydrogens (tertiary/aromatic N) is 2. The van der Waals surface area contributed by atoms with Crippen molar-refractivity contribution in [1.29, 1.82) is 5.26 Å². The molecule has 1 aromatic carbocycles. The van der Waals surface area contributed by atoms with Gasteiger partial charge < -0.3 is 9.67 Å². The highest BCUT2D eigenvalue weighted by molar-refractivity contribution is 5.37. The van der Waals surface area contributed by atoms with E-state index >= 15 is 0 Å². The normalized spacial score (nSPS) is 12.1. The van der Waals surface area contributed by atoms with Gasteiger partial charge in [-0.25, -0.2) is 0 Å². The van der Waals surface area contributed by atoms with Crippen LogP contribution < -0.4 is 0 Å². The van der Waals surface area contributed by atoms with Crippen LogP contribution in [0.1, 0.15) is 35.3 Å². The number of benzene rings is 1. The molecular formula is C15H16N2O. The minimum Gasteiger partial charge on any atom is -0.389 e. The molecule has 1 aromatic heterocycles. The smallest absolute Gasteiger partial charge is 0.0991 e. The molecule has 3 heteroatoms. The molecule has 0 bridgehead atoms. The molecule has 0 amide bonds. The first kappa shape index (κ1) is 12.4. The molecule has 0 fully saturated rings. The number of hydrogen-bond donors (Lipinski definition) is 1. The van der Waals surface area contributed by atoms with E-state index in [0.717, 1.165) is 17.7 Å². The number of rotatable bonds is 3. The molecule has 0 aliphatic heterocycles. The molecule has 1 heterocycles. The highest BCUT2D eigenvalue weighted by Gasteiger charge is 2.05. The number of aromatic nitrogens is 1. The topological polar surface area (TPSA) is 49.0 Å². The van der Waals surface area contributed by atoms with Crippen LogP contribution in [0.15, 0.2) is 36.7 Å². The predicted molar refractivity (Wildman–Crippen MR) is 70.1 cm³/mol. The molecule has 0 radical (unpaired) electrons. The number of hydrogen-bond acceptors (Lipinski definition) is 2. The summed E-state index contributed by atoms with van der Waals surface area (Å²) in [7, 11) is 0. The van der Waals surface area contributed by atoms with Crippen molar-refractivity contribution >= 4 is 0 Å². The van der Waals surface area contributed by atoms with E-state index < -0.39 is 6.10 Å². The molecule has 0 aliphatic carbocycles. The summed E-state index contributed by atoms with van der Waals surface area (Å²) in [6.07, 6.45) is 3.47. The van der Waals surface area contributed by atoms with E-state index in [0.29, 0.717) is 5.56 Å². The monoisotopic (exact) mass is 240 g/mol. The second-order valence-electron chi connectivity index (χ2n) is 4.55. The van der Waals surface area contributed by atoms with E-state index in [1.807, 2.05) is 48.1 Å². The third-order valence-corrected chi connectivity index (χ3v) is 3.08. The number of nitriles is 1. The van der Waals surface area contributed by atoms with Crippen LogP contribution in [0.2, 0.25) is 0 Å². The fraction of sp³-hybridized carbons (Fsp3) is 0.267. The zero-order chi connectivity index (χ0) is 13.1. The lowest BCUT2D eigenvalue weighted by molar-refractivity contribution is 0.199. The third-order valence-electron chi connectivity index (χ3n) is 3.08. The van der Waals surface area contributed by atoms with Crippen LogP contribution in [0, 0.1) is 18.3 Å². The van der Waals surface area contributed by atoms with Crippen LogP contribution in [0.5, 0.6) is 0 Å². The highest BCUT2D eigenvalue weighted by Crippen LogP contribution is 2.16. The van der Waals surface area contributed by atoms with Gasteiger partial charge in [0.25, 0.3) is 0 Å². The van der Waals surface area contributed by atoms with Gasteiger partial charge in [-0.2, -0.15) is 5.26 Å². The average Bonchev–Trinajstić information content (AvgIpc) is 2.80. The number of aryl methyl sites for hydroxylation is 1. The Bertz CT molecular complexity index is 591. The van der Waals surface area contributed by atoms with E-state index in [4.69, 9.17) is 5.26 Å². The van der Waals surface area contributed by atoms with E-state index in [-0.39, 0.29) is 0 Å². The Morgan fingerprint density at radius 2 is 2.17 bits per heavy atom. The first-order valence-corrected chi connectivity index (χ1v) is 5.93. The van der Waals surface area contributed by atoms with Crippen LogP contribution in [0.4, 0.5) is 0 Å². The molecule has 92 valence electrons. The van der Waals surface area contributed by atoms with Crippen LogP contribution in [-0.2, 0) is 6.54 Å². The third kappa shape index (κ3) is 2.61. The summed E-state index contributed by atoms with van der Waals surface area (Å²) < 4.78 is 2.04. The molecule has 0 aliphatic rings. The molecule has 1 N–H and O–H groups in total. The van der Waals surface area contributed by atoms with E-state index in [1.165, 1.54) is 5.56 Å². The minimum absolute atomic E-state index is 0.437. The Hall–Kier alpha value is -2.05. The number of aliphatic hydroxyl groups excluding tert-OH is 1. The zero-order valence-corrected chi connectivity index (χ0v) is 10.6. The number of aliphatic hydroxyl groups is 1. The molecule has 0 spiro atoms. The molecule has 2 aromatic rings. The van der Waals surface area contributed by atoms with Crippen molar-refractivity contribution in [3.05, 3.63) is 58.9 Å². The van der Waals surface area contributed by atoms with Gasteiger partial charge in [-0.05, 0) is 48.7 Å². The first-order valence-electron chi connectivity index (χ1n) is 5.93. The highest BCUT2D eigenvalue weighted by atomic mass is 16.3. The van der Waals surface area contributed by atoms with Crippen LogP contribution in [0.3, 0.4) is 0 Å². The Labute approximate surface area is 107 Å². The Kier molecular flexibility index (Phi) is 3.50. The maximum absolute atomic E-state index is 9.48. The van der Waals surface area contributed by atoms with Crippen LogP contribution >= 0.6 is 0 Å². The van der Waals surface area contributed by atoms with Gasteiger partial charge in [-0.3, -0.25) is 0 Å². The van der Waals surface area contributed by atoms with Crippen molar-refractivity contribution in [2.45, 2.75) is 26.5 Å². The lowest BCUT2D eigenvalue weighted by atomic mass is 10.1. The summed E-state index contributed by atoms with van der Waals surface area (Å²) in [5, 5.41) is 18.3. The lowest BCUT2D eigenvalue weighted by Gasteiger charge is -2.07. The maximum Gasteiger partial charge on any atom is 0.0991 e. The van der Waals surface area contributed by atoms with E-state index in [2.05, 4.69) is 6.07 Å². The molecule has 1 unspecified atom stereocenters. The standard InChI is InChI=1S/C15H16N2O/c1-11-7-13(8-16)3-4-14(11)9-17-6-5-15(10-17)12(2)18/h3-7,10,12,18H,9H2,1-2H3. The van der Waals surface area contributed by atoms with Crippen molar-refractivity contribution in [3.63, 3.8) is 0 Å². The average molecular weight is 240 g/mol.